The number of methoxy groups -OCH3 is 1. The Morgan fingerprint density at radius 2 is 2.31 bits per heavy atom. The molecule has 1 saturated heterocycles. The van der Waals surface area contributed by atoms with Gasteiger partial charge in [0.1, 0.15) is 5.41 Å². The molecule has 1 unspecified atom stereocenters. The third-order valence-electron chi connectivity index (χ3n) is 2.62. The van der Waals surface area contributed by atoms with Gasteiger partial charge in [-0.3, -0.25) is 4.79 Å². The predicted octanol–water partition coefficient (Wildman–Crippen LogP) is 0.303. The Morgan fingerprint density at radius 1 is 1.69 bits per heavy atom. The zero-order valence-electron chi connectivity index (χ0n) is 8.21. The zero-order chi connectivity index (χ0) is 9.90. The summed E-state index contributed by atoms with van der Waals surface area (Å²) in [6.45, 7) is 2.85. The highest BCUT2D eigenvalue weighted by Gasteiger charge is 2.51. The molecule has 1 atom stereocenters. The first-order chi connectivity index (χ1) is 6.17. The molecule has 0 spiro atoms. The van der Waals surface area contributed by atoms with E-state index in [9.17, 15) is 4.79 Å². The molecule has 0 aromatic rings. The lowest BCUT2D eigenvalue weighted by atomic mass is 9.77. The van der Waals surface area contributed by atoms with E-state index in [4.69, 9.17) is 15.2 Å². The van der Waals surface area contributed by atoms with Crippen molar-refractivity contribution in [1.29, 1.82) is 0 Å². The Labute approximate surface area is 78.4 Å². The molecule has 1 fully saturated rings. The molecule has 1 heterocycles. The van der Waals surface area contributed by atoms with E-state index in [0.717, 1.165) is 12.8 Å². The second-order valence-electron chi connectivity index (χ2n) is 3.54. The lowest BCUT2D eigenvalue weighted by Crippen LogP contribution is -2.60. The Hall–Kier alpha value is -0.610. The summed E-state index contributed by atoms with van der Waals surface area (Å²) in [6, 6.07) is -0.140. The van der Waals surface area contributed by atoms with Crippen LogP contribution in [0.15, 0.2) is 0 Å². The third-order valence-corrected chi connectivity index (χ3v) is 2.62. The SMILES string of the molecule is CCCC(N)C1(C(=O)OC)COC1. The maximum atomic E-state index is 11.5. The molecule has 0 bridgehead atoms. The van der Waals surface area contributed by atoms with Crippen molar-refractivity contribution in [3.8, 4) is 0 Å². The van der Waals surface area contributed by atoms with Crippen molar-refractivity contribution >= 4 is 5.97 Å². The monoisotopic (exact) mass is 187 g/mol. The second-order valence-corrected chi connectivity index (χ2v) is 3.54. The Balaban J connectivity index is 2.63. The molecule has 0 amide bonds. The van der Waals surface area contributed by atoms with Gasteiger partial charge in [0.2, 0.25) is 0 Å². The van der Waals surface area contributed by atoms with Gasteiger partial charge in [0.15, 0.2) is 0 Å². The van der Waals surface area contributed by atoms with Gasteiger partial charge in [0.05, 0.1) is 20.3 Å². The number of carbonyl (C=O) groups is 1. The number of esters is 1. The van der Waals surface area contributed by atoms with E-state index < -0.39 is 5.41 Å². The predicted molar refractivity (Wildman–Crippen MR) is 48.2 cm³/mol. The van der Waals surface area contributed by atoms with E-state index >= 15 is 0 Å². The van der Waals surface area contributed by atoms with Crippen molar-refractivity contribution in [3.05, 3.63) is 0 Å². The number of ether oxygens (including phenoxy) is 2. The fraction of sp³-hybridized carbons (Fsp3) is 0.889. The van der Waals surface area contributed by atoms with Crippen LogP contribution in [-0.2, 0) is 14.3 Å². The maximum Gasteiger partial charge on any atom is 0.318 e. The quantitative estimate of drug-likeness (QED) is 0.643. The minimum atomic E-state index is -0.565. The number of rotatable bonds is 4. The molecular formula is C9H17NO3. The standard InChI is InChI=1S/C9H17NO3/c1-3-4-7(10)9(5-13-6-9)8(11)12-2/h7H,3-6,10H2,1-2H3. The summed E-state index contributed by atoms with van der Waals surface area (Å²) in [5.41, 5.74) is 5.36. The second kappa shape index (κ2) is 4.07. The molecule has 1 aliphatic heterocycles. The minimum absolute atomic E-state index is 0.140. The smallest absolute Gasteiger partial charge is 0.318 e. The van der Waals surface area contributed by atoms with Gasteiger partial charge in [-0.1, -0.05) is 13.3 Å². The molecule has 0 saturated carbocycles. The van der Waals surface area contributed by atoms with Crippen LogP contribution in [0.1, 0.15) is 19.8 Å². The normalized spacial score (nSPS) is 21.8. The van der Waals surface area contributed by atoms with Gasteiger partial charge >= 0.3 is 5.97 Å². The summed E-state index contributed by atoms with van der Waals surface area (Å²) < 4.78 is 9.77. The van der Waals surface area contributed by atoms with E-state index in [-0.39, 0.29) is 12.0 Å². The average molecular weight is 187 g/mol. The summed E-state index contributed by atoms with van der Waals surface area (Å²) in [5, 5.41) is 0. The van der Waals surface area contributed by atoms with E-state index in [2.05, 4.69) is 0 Å². The van der Waals surface area contributed by atoms with Crippen molar-refractivity contribution in [2.75, 3.05) is 20.3 Å². The van der Waals surface area contributed by atoms with Crippen molar-refractivity contribution in [2.24, 2.45) is 11.1 Å². The van der Waals surface area contributed by atoms with Gasteiger partial charge < -0.3 is 15.2 Å². The summed E-state index contributed by atoms with van der Waals surface area (Å²) in [5.74, 6) is -0.236. The lowest BCUT2D eigenvalue weighted by Gasteiger charge is -2.42. The first-order valence-corrected chi connectivity index (χ1v) is 4.59. The largest absolute Gasteiger partial charge is 0.468 e. The first kappa shape index (κ1) is 10.5. The highest BCUT2D eigenvalue weighted by molar-refractivity contribution is 5.79. The summed E-state index contributed by atoms with van der Waals surface area (Å²) in [7, 11) is 1.39. The summed E-state index contributed by atoms with van der Waals surface area (Å²) in [4.78, 5) is 11.5. The van der Waals surface area contributed by atoms with Gasteiger partial charge in [0, 0.05) is 6.04 Å². The van der Waals surface area contributed by atoms with Crippen LogP contribution in [0.25, 0.3) is 0 Å². The van der Waals surface area contributed by atoms with Gasteiger partial charge in [-0.15, -0.1) is 0 Å². The van der Waals surface area contributed by atoms with Crippen LogP contribution in [0.4, 0.5) is 0 Å². The maximum absolute atomic E-state index is 11.5. The van der Waals surface area contributed by atoms with Crippen LogP contribution in [0.5, 0.6) is 0 Å². The van der Waals surface area contributed by atoms with E-state index in [0.29, 0.717) is 13.2 Å². The molecule has 0 radical (unpaired) electrons. The molecule has 13 heavy (non-hydrogen) atoms. The highest BCUT2D eigenvalue weighted by atomic mass is 16.5. The molecular weight excluding hydrogens is 170 g/mol. The first-order valence-electron chi connectivity index (χ1n) is 4.59. The van der Waals surface area contributed by atoms with Crippen molar-refractivity contribution < 1.29 is 14.3 Å². The molecule has 0 aliphatic carbocycles. The van der Waals surface area contributed by atoms with Gasteiger partial charge in [0.25, 0.3) is 0 Å². The van der Waals surface area contributed by atoms with Gasteiger partial charge in [-0.05, 0) is 6.42 Å². The van der Waals surface area contributed by atoms with Crippen LogP contribution in [0, 0.1) is 5.41 Å². The van der Waals surface area contributed by atoms with E-state index in [1.807, 2.05) is 6.92 Å². The Morgan fingerprint density at radius 3 is 2.62 bits per heavy atom. The number of nitrogens with two attached hydrogens (primary N) is 1. The molecule has 0 aromatic carbocycles. The molecule has 1 aliphatic rings. The highest BCUT2D eigenvalue weighted by Crippen LogP contribution is 2.33. The fourth-order valence-electron chi connectivity index (χ4n) is 1.60. The number of hydrogen-bond acceptors (Lipinski definition) is 4. The fourth-order valence-corrected chi connectivity index (χ4v) is 1.60. The molecule has 0 aromatic heterocycles. The van der Waals surface area contributed by atoms with Crippen LogP contribution < -0.4 is 5.73 Å². The topological polar surface area (TPSA) is 61.6 Å². The average Bonchev–Trinajstić information content (AvgIpc) is 2.02. The van der Waals surface area contributed by atoms with Crippen LogP contribution >= 0.6 is 0 Å². The molecule has 1 rings (SSSR count). The van der Waals surface area contributed by atoms with E-state index in [1.54, 1.807) is 0 Å². The van der Waals surface area contributed by atoms with Crippen LogP contribution in [-0.4, -0.2) is 32.3 Å². The lowest BCUT2D eigenvalue weighted by molar-refractivity contribution is -0.188. The Bertz CT molecular complexity index is 189. The molecule has 4 nitrogen and oxygen atoms in total. The molecule has 4 heteroatoms. The minimum Gasteiger partial charge on any atom is -0.468 e. The van der Waals surface area contributed by atoms with Crippen molar-refractivity contribution in [3.63, 3.8) is 0 Å². The van der Waals surface area contributed by atoms with Crippen LogP contribution in [0.3, 0.4) is 0 Å². The van der Waals surface area contributed by atoms with Crippen molar-refractivity contribution in [2.45, 2.75) is 25.8 Å². The molecule has 2 N–H and O–H groups in total. The van der Waals surface area contributed by atoms with Gasteiger partial charge in [-0.2, -0.15) is 0 Å². The molecule has 76 valence electrons. The van der Waals surface area contributed by atoms with E-state index in [1.165, 1.54) is 7.11 Å². The number of hydrogen-bond donors (Lipinski definition) is 1. The van der Waals surface area contributed by atoms with Gasteiger partial charge in [-0.25, -0.2) is 0 Å². The number of carbonyl (C=O) groups excluding carboxylic acids is 1. The van der Waals surface area contributed by atoms with Crippen molar-refractivity contribution in [1.82, 2.24) is 0 Å². The third kappa shape index (κ3) is 1.69. The Kier molecular flexibility index (Phi) is 3.27. The zero-order valence-corrected chi connectivity index (χ0v) is 8.21. The summed E-state index contributed by atoms with van der Waals surface area (Å²) in [6.07, 6.45) is 1.80. The van der Waals surface area contributed by atoms with Crippen LogP contribution in [0.2, 0.25) is 0 Å². The summed E-state index contributed by atoms with van der Waals surface area (Å²) >= 11 is 0.